The van der Waals surface area contributed by atoms with Crippen LogP contribution in [0.1, 0.15) is 61.3 Å². The summed E-state index contributed by atoms with van der Waals surface area (Å²) in [4.78, 5) is 17.1. The minimum Gasteiger partial charge on any atom is -0.351 e. The van der Waals surface area contributed by atoms with Crippen LogP contribution in [-0.4, -0.2) is 21.8 Å². The largest absolute Gasteiger partial charge is 0.351 e. The van der Waals surface area contributed by atoms with Gasteiger partial charge in [-0.2, -0.15) is 0 Å². The molecule has 4 heteroatoms. The summed E-state index contributed by atoms with van der Waals surface area (Å²) < 4.78 is 1.91. The zero-order valence-electron chi connectivity index (χ0n) is 13.3. The van der Waals surface area contributed by atoms with Crippen LogP contribution in [0, 0.1) is 6.92 Å². The molecule has 0 aliphatic carbocycles. The first kappa shape index (κ1) is 15.5. The summed E-state index contributed by atoms with van der Waals surface area (Å²) in [7, 11) is 0. The number of hydrogen-bond acceptors (Lipinski definition) is 2. The number of carbonyl (C=O) groups is 1. The van der Waals surface area contributed by atoms with Crippen LogP contribution in [0.5, 0.6) is 0 Å². The highest BCUT2D eigenvalue weighted by molar-refractivity contribution is 5.94. The summed E-state index contributed by atoms with van der Waals surface area (Å²) in [6, 6.07) is 3.98. The van der Waals surface area contributed by atoms with E-state index in [0.717, 1.165) is 36.3 Å². The van der Waals surface area contributed by atoms with Gasteiger partial charge in [-0.05, 0) is 31.4 Å². The van der Waals surface area contributed by atoms with Crippen LogP contribution in [0.25, 0.3) is 5.65 Å². The number of amides is 1. The third kappa shape index (κ3) is 3.43. The van der Waals surface area contributed by atoms with Gasteiger partial charge >= 0.3 is 0 Å². The highest BCUT2D eigenvalue weighted by Gasteiger charge is 2.18. The number of carbonyl (C=O) groups excluding carboxylic acids is 1. The van der Waals surface area contributed by atoms with E-state index in [1.54, 1.807) is 0 Å². The number of nitrogens with zero attached hydrogens (tertiary/aromatic N) is 2. The van der Waals surface area contributed by atoms with Crippen LogP contribution < -0.4 is 5.32 Å². The van der Waals surface area contributed by atoms with Crippen LogP contribution in [0.3, 0.4) is 0 Å². The third-order valence-corrected chi connectivity index (χ3v) is 3.78. The fourth-order valence-electron chi connectivity index (χ4n) is 2.58. The Morgan fingerprint density at radius 2 is 2.10 bits per heavy atom. The molecule has 1 N–H and O–H groups in total. The Kier molecular flexibility index (Phi) is 5.37. The lowest BCUT2D eigenvalue weighted by molar-refractivity contribution is 0.0946. The zero-order chi connectivity index (χ0) is 15.2. The number of unbranched alkanes of at least 4 members (excludes halogenated alkanes) is 3. The summed E-state index contributed by atoms with van der Waals surface area (Å²) in [5, 5.41) is 3.03. The molecule has 0 bridgehead atoms. The van der Waals surface area contributed by atoms with Gasteiger partial charge in [-0.3, -0.25) is 9.20 Å². The molecular weight excluding hydrogens is 262 g/mol. The minimum atomic E-state index is -0.0125. The predicted octanol–water partition coefficient (Wildman–Crippen LogP) is 3.52. The van der Waals surface area contributed by atoms with Gasteiger partial charge in [0, 0.05) is 12.7 Å². The lowest BCUT2D eigenvalue weighted by Crippen LogP contribution is -2.26. The van der Waals surface area contributed by atoms with E-state index in [2.05, 4.69) is 17.2 Å². The number of imidazole rings is 1. The number of aromatic nitrogens is 2. The van der Waals surface area contributed by atoms with Gasteiger partial charge in [0.2, 0.25) is 0 Å². The maximum atomic E-state index is 12.5. The summed E-state index contributed by atoms with van der Waals surface area (Å²) in [5.74, 6) is -0.0125. The molecule has 1 amide bonds. The van der Waals surface area contributed by atoms with Gasteiger partial charge < -0.3 is 5.32 Å². The highest BCUT2D eigenvalue weighted by atomic mass is 16.1. The van der Waals surface area contributed by atoms with E-state index < -0.39 is 0 Å². The third-order valence-electron chi connectivity index (χ3n) is 3.78. The van der Waals surface area contributed by atoms with Gasteiger partial charge in [0.05, 0.1) is 5.69 Å². The van der Waals surface area contributed by atoms with Crippen molar-refractivity contribution < 1.29 is 4.79 Å². The molecular formula is C17H25N3O. The van der Waals surface area contributed by atoms with Crippen molar-refractivity contribution >= 4 is 11.6 Å². The lowest BCUT2D eigenvalue weighted by atomic mass is 10.2. The number of pyridine rings is 1. The van der Waals surface area contributed by atoms with Crippen molar-refractivity contribution in [3.8, 4) is 0 Å². The smallest absolute Gasteiger partial charge is 0.270 e. The fraction of sp³-hybridized carbons (Fsp3) is 0.529. The summed E-state index contributed by atoms with van der Waals surface area (Å²) in [5.41, 5.74) is 3.53. The van der Waals surface area contributed by atoms with Crippen LogP contribution in [0.15, 0.2) is 18.3 Å². The number of aryl methyl sites for hydroxylation is 2. The Labute approximate surface area is 126 Å². The summed E-state index contributed by atoms with van der Waals surface area (Å²) in [6.07, 6.45) is 7.33. The molecule has 21 heavy (non-hydrogen) atoms. The molecule has 2 aromatic heterocycles. The second-order valence-electron chi connectivity index (χ2n) is 5.46. The van der Waals surface area contributed by atoms with Crippen molar-refractivity contribution in [1.82, 2.24) is 14.7 Å². The summed E-state index contributed by atoms with van der Waals surface area (Å²) in [6.45, 7) is 6.98. The first-order chi connectivity index (χ1) is 10.2. The Balaban J connectivity index is 2.16. The zero-order valence-corrected chi connectivity index (χ0v) is 13.3. The average molecular weight is 287 g/mol. The quantitative estimate of drug-likeness (QED) is 0.792. The second-order valence-corrected chi connectivity index (χ2v) is 5.46. The molecule has 4 nitrogen and oxygen atoms in total. The SMILES string of the molecule is CCCCCCNC(=O)c1c(CC)nc2c(C)cccn12. The molecule has 0 saturated carbocycles. The maximum Gasteiger partial charge on any atom is 0.270 e. The Hall–Kier alpha value is -1.84. The normalized spacial score (nSPS) is 11.0. The minimum absolute atomic E-state index is 0.0125. The van der Waals surface area contributed by atoms with Crippen LogP contribution in [0.4, 0.5) is 0 Å². The van der Waals surface area contributed by atoms with E-state index in [1.165, 1.54) is 19.3 Å². The van der Waals surface area contributed by atoms with E-state index in [1.807, 2.05) is 36.6 Å². The van der Waals surface area contributed by atoms with E-state index in [-0.39, 0.29) is 5.91 Å². The van der Waals surface area contributed by atoms with E-state index in [4.69, 9.17) is 0 Å². The van der Waals surface area contributed by atoms with Crippen molar-refractivity contribution in [1.29, 1.82) is 0 Å². The Bertz CT molecular complexity index is 616. The topological polar surface area (TPSA) is 46.4 Å². The molecule has 0 fully saturated rings. The predicted molar refractivity (Wildman–Crippen MR) is 85.8 cm³/mol. The molecule has 0 aliphatic rings. The van der Waals surface area contributed by atoms with Crippen molar-refractivity contribution in [3.63, 3.8) is 0 Å². The molecule has 114 valence electrons. The molecule has 2 heterocycles. The van der Waals surface area contributed by atoms with E-state index in [9.17, 15) is 4.79 Å². The number of hydrogen-bond donors (Lipinski definition) is 1. The number of nitrogens with one attached hydrogen (secondary N) is 1. The van der Waals surface area contributed by atoms with Gasteiger partial charge in [0.25, 0.3) is 5.91 Å². The molecule has 0 unspecified atom stereocenters. The average Bonchev–Trinajstić information content (AvgIpc) is 2.87. The highest BCUT2D eigenvalue weighted by Crippen LogP contribution is 2.16. The van der Waals surface area contributed by atoms with Gasteiger partial charge in [0.15, 0.2) is 0 Å². The molecule has 0 radical (unpaired) electrons. The van der Waals surface area contributed by atoms with E-state index >= 15 is 0 Å². The Morgan fingerprint density at radius 3 is 2.81 bits per heavy atom. The van der Waals surface area contributed by atoms with Crippen LogP contribution in [-0.2, 0) is 6.42 Å². The van der Waals surface area contributed by atoms with Crippen molar-refractivity contribution in [2.75, 3.05) is 6.54 Å². The molecule has 0 atom stereocenters. The standard InChI is InChI=1S/C17H25N3O/c1-4-6-7-8-11-18-17(21)15-14(5-2)19-16-13(3)10-9-12-20(15)16/h9-10,12H,4-8,11H2,1-3H3,(H,18,21). The molecule has 2 rings (SSSR count). The van der Waals surface area contributed by atoms with Crippen LogP contribution in [0.2, 0.25) is 0 Å². The Morgan fingerprint density at radius 1 is 1.29 bits per heavy atom. The van der Waals surface area contributed by atoms with Gasteiger partial charge in [0.1, 0.15) is 11.3 Å². The monoisotopic (exact) mass is 287 g/mol. The van der Waals surface area contributed by atoms with Crippen LogP contribution >= 0.6 is 0 Å². The molecule has 0 spiro atoms. The van der Waals surface area contributed by atoms with Crippen molar-refractivity contribution in [3.05, 3.63) is 35.3 Å². The molecule has 2 aromatic rings. The molecule has 0 aromatic carbocycles. The first-order valence-electron chi connectivity index (χ1n) is 7.93. The van der Waals surface area contributed by atoms with Gasteiger partial charge in [-0.25, -0.2) is 4.98 Å². The molecule has 0 saturated heterocycles. The number of fused-ring (bicyclic) bond motifs is 1. The molecule has 0 aliphatic heterocycles. The lowest BCUT2D eigenvalue weighted by Gasteiger charge is -2.06. The maximum absolute atomic E-state index is 12.5. The number of rotatable bonds is 7. The second kappa shape index (κ2) is 7.25. The van der Waals surface area contributed by atoms with Gasteiger partial charge in [-0.15, -0.1) is 0 Å². The van der Waals surface area contributed by atoms with E-state index in [0.29, 0.717) is 5.69 Å². The summed E-state index contributed by atoms with van der Waals surface area (Å²) >= 11 is 0. The van der Waals surface area contributed by atoms with Crippen molar-refractivity contribution in [2.24, 2.45) is 0 Å². The van der Waals surface area contributed by atoms with Gasteiger partial charge in [-0.1, -0.05) is 39.2 Å². The first-order valence-corrected chi connectivity index (χ1v) is 7.93. The fourth-order valence-corrected chi connectivity index (χ4v) is 2.58. The van der Waals surface area contributed by atoms with Crippen molar-refractivity contribution in [2.45, 2.75) is 52.9 Å².